The molecule has 0 bridgehead atoms. The minimum absolute atomic E-state index is 0.0669. The Morgan fingerprint density at radius 2 is 2.00 bits per heavy atom. The van der Waals surface area contributed by atoms with Crippen molar-refractivity contribution in [3.63, 3.8) is 0 Å². The molecular formula is C24H29N3O4. The van der Waals surface area contributed by atoms with Gasteiger partial charge in [0.2, 0.25) is 0 Å². The van der Waals surface area contributed by atoms with Gasteiger partial charge in [0.25, 0.3) is 11.8 Å². The lowest BCUT2D eigenvalue weighted by Gasteiger charge is -2.37. The van der Waals surface area contributed by atoms with Crippen LogP contribution in [0.15, 0.2) is 55.1 Å². The average Bonchev–Trinajstić information content (AvgIpc) is 2.76. The quantitative estimate of drug-likeness (QED) is 0.656. The molecule has 0 spiro atoms. The van der Waals surface area contributed by atoms with Gasteiger partial charge in [0.05, 0.1) is 12.2 Å². The van der Waals surface area contributed by atoms with Crippen LogP contribution in [0.5, 0.6) is 11.5 Å². The van der Waals surface area contributed by atoms with E-state index in [1.165, 1.54) is 4.90 Å². The van der Waals surface area contributed by atoms with E-state index >= 15 is 0 Å². The number of rotatable bonds is 8. The van der Waals surface area contributed by atoms with Crippen LogP contribution in [-0.4, -0.2) is 55.0 Å². The van der Waals surface area contributed by atoms with Gasteiger partial charge in [0.15, 0.2) is 17.6 Å². The number of para-hydroxylation sites is 1. The van der Waals surface area contributed by atoms with E-state index in [4.69, 9.17) is 9.47 Å². The van der Waals surface area contributed by atoms with E-state index in [0.717, 1.165) is 11.3 Å². The molecule has 1 aliphatic heterocycles. The van der Waals surface area contributed by atoms with Crippen LogP contribution < -0.4 is 14.8 Å². The first-order chi connectivity index (χ1) is 14.9. The van der Waals surface area contributed by atoms with Crippen LogP contribution >= 0.6 is 0 Å². The van der Waals surface area contributed by atoms with Gasteiger partial charge in [-0.15, -0.1) is 6.58 Å². The number of hydrogen-bond acceptors (Lipinski definition) is 5. The molecule has 0 unspecified atom stereocenters. The number of nitrogens with one attached hydrogen (secondary N) is 1. The molecule has 0 radical (unpaired) electrons. The molecule has 1 N–H and O–H groups in total. The number of carbonyl (C=O) groups excluding carboxylic acids is 2. The zero-order valence-electron chi connectivity index (χ0n) is 18.4. The molecule has 2 aromatic carbocycles. The minimum Gasteiger partial charge on any atom is -0.490 e. The lowest BCUT2D eigenvalue weighted by Crippen LogP contribution is -2.43. The summed E-state index contributed by atoms with van der Waals surface area (Å²) in [5, 5.41) is 3.44. The highest BCUT2D eigenvalue weighted by Gasteiger charge is 2.32. The Morgan fingerprint density at radius 1 is 1.26 bits per heavy atom. The van der Waals surface area contributed by atoms with Gasteiger partial charge in [-0.1, -0.05) is 24.3 Å². The zero-order valence-corrected chi connectivity index (χ0v) is 18.4. The fourth-order valence-corrected chi connectivity index (χ4v) is 3.55. The zero-order chi connectivity index (χ0) is 22.5. The number of fused-ring (bicyclic) bond motifs is 1. The second-order valence-electron chi connectivity index (χ2n) is 7.47. The number of ether oxygens (including phenoxy) is 2. The van der Waals surface area contributed by atoms with Crippen molar-refractivity contribution in [2.24, 2.45) is 0 Å². The van der Waals surface area contributed by atoms with Crippen LogP contribution in [0.25, 0.3) is 0 Å². The maximum Gasteiger partial charge on any atom is 0.262 e. The number of likely N-dealkylation sites (N-methyl/N-ethyl adjacent to an activating group) is 1. The van der Waals surface area contributed by atoms with Gasteiger partial charge >= 0.3 is 0 Å². The maximum atomic E-state index is 13.1. The van der Waals surface area contributed by atoms with E-state index in [-0.39, 0.29) is 11.8 Å². The molecule has 2 atom stereocenters. The molecule has 0 saturated carbocycles. The molecule has 2 amide bonds. The van der Waals surface area contributed by atoms with Crippen molar-refractivity contribution in [3.05, 3.63) is 66.2 Å². The van der Waals surface area contributed by atoms with Crippen molar-refractivity contribution < 1.29 is 19.1 Å². The molecule has 2 aromatic rings. The Morgan fingerprint density at radius 3 is 2.68 bits per heavy atom. The van der Waals surface area contributed by atoms with Crippen LogP contribution in [0.3, 0.4) is 0 Å². The molecular weight excluding hydrogens is 394 g/mol. The Bertz CT molecular complexity index is 973. The van der Waals surface area contributed by atoms with Crippen LogP contribution in [-0.2, 0) is 4.79 Å². The van der Waals surface area contributed by atoms with Gasteiger partial charge in [-0.05, 0) is 43.7 Å². The summed E-state index contributed by atoms with van der Waals surface area (Å²) in [6, 6.07) is 12.9. The fraction of sp³-hybridized carbons (Fsp3) is 0.333. The van der Waals surface area contributed by atoms with E-state index in [9.17, 15) is 9.59 Å². The summed E-state index contributed by atoms with van der Waals surface area (Å²) in [7, 11) is 3.37. The molecule has 0 fully saturated rings. The van der Waals surface area contributed by atoms with Gasteiger partial charge < -0.3 is 24.6 Å². The van der Waals surface area contributed by atoms with Crippen LogP contribution in [0.2, 0.25) is 0 Å². The summed E-state index contributed by atoms with van der Waals surface area (Å²) in [6.07, 6.45) is 0.656. The minimum atomic E-state index is -0.654. The average molecular weight is 424 g/mol. The largest absolute Gasteiger partial charge is 0.490 e. The molecule has 0 saturated heterocycles. The van der Waals surface area contributed by atoms with E-state index in [1.54, 1.807) is 38.1 Å². The van der Waals surface area contributed by atoms with Crippen molar-refractivity contribution in [2.75, 3.05) is 32.6 Å². The molecule has 1 aliphatic rings. The molecule has 7 heteroatoms. The summed E-state index contributed by atoms with van der Waals surface area (Å²) in [6.45, 7) is 8.21. The summed E-state index contributed by atoms with van der Waals surface area (Å²) in [4.78, 5) is 28.5. The Balaban J connectivity index is 1.96. The van der Waals surface area contributed by atoms with Crippen LogP contribution in [0.4, 0.5) is 5.69 Å². The second kappa shape index (κ2) is 9.55. The van der Waals surface area contributed by atoms with Gasteiger partial charge in [-0.25, -0.2) is 0 Å². The molecule has 1 heterocycles. The first kappa shape index (κ1) is 22.2. The third-order valence-corrected chi connectivity index (χ3v) is 5.02. The van der Waals surface area contributed by atoms with Gasteiger partial charge in [-0.2, -0.15) is 0 Å². The van der Waals surface area contributed by atoms with Crippen molar-refractivity contribution in [3.8, 4) is 11.5 Å². The van der Waals surface area contributed by atoms with Crippen molar-refractivity contribution in [1.82, 2.24) is 9.80 Å². The smallest absolute Gasteiger partial charge is 0.262 e. The highest BCUT2D eigenvalue weighted by atomic mass is 16.5. The first-order valence-corrected chi connectivity index (χ1v) is 10.3. The van der Waals surface area contributed by atoms with Crippen molar-refractivity contribution in [2.45, 2.75) is 26.1 Å². The molecule has 0 aromatic heterocycles. The molecule has 3 rings (SSSR count). The molecule has 31 heavy (non-hydrogen) atoms. The van der Waals surface area contributed by atoms with E-state index < -0.39 is 12.3 Å². The summed E-state index contributed by atoms with van der Waals surface area (Å²) in [5.41, 5.74) is 2.25. The number of carbonyl (C=O) groups is 2. The predicted molar refractivity (Wildman–Crippen MR) is 120 cm³/mol. The predicted octanol–water partition coefficient (Wildman–Crippen LogP) is 3.69. The van der Waals surface area contributed by atoms with Gasteiger partial charge in [0.1, 0.15) is 6.17 Å². The lowest BCUT2D eigenvalue weighted by atomic mass is 10.0. The number of amides is 2. The Labute approximate surface area is 183 Å². The monoisotopic (exact) mass is 423 g/mol. The Hall–Kier alpha value is -3.48. The molecule has 164 valence electrons. The highest BCUT2D eigenvalue weighted by molar-refractivity contribution is 6.01. The SMILES string of the molecule is C=CCN1C(=O)c2ccccc2N[C@H]1c1ccc(O[C@@H](C)C(=O)N(C)C)c(OCC)c1. The highest BCUT2D eigenvalue weighted by Crippen LogP contribution is 2.37. The van der Waals surface area contributed by atoms with E-state index in [0.29, 0.717) is 30.2 Å². The van der Waals surface area contributed by atoms with Crippen LogP contribution in [0.1, 0.15) is 35.9 Å². The van der Waals surface area contributed by atoms with E-state index in [2.05, 4.69) is 11.9 Å². The normalized spacial score (nSPS) is 16.1. The van der Waals surface area contributed by atoms with Gasteiger partial charge in [0, 0.05) is 26.3 Å². The summed E-state index contributed by atoms with van der Waals surface area (Å²) < 4.78 is 11.7. The second-order valence-corrected chi connectivity index (χ2v) is 7.47. The number of hydrogen-bond donors (Lipinski definition) is 1. The summed E-state index contributed by atoms with van der Waals surface area (Å²) in [5.74, 6) is 0.791. The number of benzene rings is 2. The third kappa shape index (κ3) is 4.66. The van der Waals surface area contributed by atoms with Crippen molar-refractivity contribution in [1.29, 1.82) is 0 Å². The number of nitrogens with zero attached hydrogens (tertiary/aromatic N) is 2. The Kier molecular flexibility index (Phi) is 6.84. The third-order valence-electron chi connectivity index (χ3n) is 5.02. The van der Waals surface area contributed by atoms with Crippen molar-refractivity contribution >= 4 is 17.5 Å². The molecule has 7 nitrogen and oxygen atoms in total. The summed E-state index contributed by atoms with van der Waals surface area (Å²) >= 11 is 0. The van der Waals surface area contributed by atoms with Crippen LogP contribution in [0, 0.1) is 0 Å². The van der Waals surface area contributed by atoms with Gasteiger partial charge in [-0.3, -0.25) is 9.59 Å². The maximum absolute atomic E-state index is 13.1. The topological polar surface area (TPSA) is 71.1 Å². The number of anilines is 1. The molecule has 0 aliphatic carbocycles. The first-order valence-electron chi connectivity index (χ1n) is 10.3. The standard InChI is InChI=1S/C24H29N3O4/c1-6-14-27-22(25-19-11-9-8-10-18(19)24(27)29)17-12-13-20(21(15-17)30-7-2)31-16(3)23(28)26(4)5/h6,8-13,15-16,22,25H,1,7,14H2,2-5H3/t16-,22+/m0/s1. The lowest BCUT2D eigenvalue weighted by molar-refractivity contribution is -0.135. The fourth-order valence-electron chi connectivity index (χ4n) is 3.55. The van der Waals surface area contributed by atoms with E-state index in [1.807, 2.05) is 43.3 Å².